The van der Waals surface area contributed by atoms with Crippen LogP contribution in [0.2, 0.25) is 0 Å². The third-order valence-electron chi connectivity index (χ3n) is 16.1. The van der Waals surface area contributed by atoms with Gasteiger partial charge in [-0.2, -0.15) is 0 Å². The highest BCUT2D eigenvalue weighted by Gasteiger charge is 2.22. The SMILES string of the molecule is CC/C=C\C/C=C\C/C=C\C/C=C\CCCCCCCCCCC(=O)OC(COC(=O)CCCCCCCCCCCCCCCCCCCCCCCCCCCC/C=C\C/C=C\C/C=C\CCCCCCC)COC(OCC[N+](C)(C)C)C(=O)[O-]. The standard InChI is InChI=1S/C78H139NO8/c1-6-8-10-12-14-16-18-20-22-24-26-28-29-30-31-32-33-34-35-36-37-38-39-40-41-42-43-44-45-46-47-49-50-52-54-56-58-60-62-64-66-68-75(80)85-72-74(73-86-78(77(82)83)84-71-70-79(3,4)5)87-76(81)69-67-65-63-61-59-57-55-53-51-48-27-25-23-21-19-17-15-13-11-9-7-2/h9,11,15,17-18,20-21,23-24,26-27,29-30,48,74,78H,6-8,10,12-14,16,19,22,25,28,31-47,49-73H2,1-5H3/b11-9-,17-15-,20-18-,23-21-,26-24-,30-29-,48-27-. The second-order valence-electron chi connectivity index (χ2n) is 25.9. The molecule has 0 aliphatic heterocycles. The van der Waals surface area contributed by atoms with Gasteiger partial charge in [0.05, 0.1) is 40.3 Å². The number of allylic oxidation sites excluding steroid dienone is 14. The Bertz CT molecular complexity index is 1700. The summed E-state index contributed by atoms with van der Waals surface area (Å²) >= 11 is 0. The smallest absolute Gasteiger partial charge is 0.306 e. The Morgan fingerprint density at radius 1 is 0.356 bits per heavy atom. The minimum absolute atomic E-state index is 0.145. The third kappa shape index (κ3) is 69.8. The molecule has 0 amide bonds. The first-order chi connectivity index (χ1) is 42.6. The number of likely N-dealkylation sites (N-methyl/N-ethyl adjacent to an activating group) is 1. The zero-order valence-electron chi connectivity index (χ0n) is 57.6. The average Bonchev–Trinajstić information content (AvgIpc) is 3.57. The lowest BCUT2D eigenvalue weighted by Gasteiger charge is -2.26. The van der Waals surface area contributed by atoms with Crippen LogP contribution in [0.5, 0.6) is 0 Å². The van der Waals surface area contributed by atoms with E-state index in [2.05, 4.69) is 98.9 Å². The van der Waals surface area contributed by atoms with Crippen LogP contribution in [-0.4, -0.2) is 82.3 Å². The molecule has 0 aliphatic rings. The summed E-state index contributed by atoms with van der Waals surface area (Å²) in [5.41, 5.74) is 0. The Labute approximate surface area is 538 Å². The topological polar surface area (TPSA) is 111 Å². The number of carbonyl (C=O) groups is 3. The van der Waals surface area contributed by atoms with E-state index in [0.717, 1.165) is 83.5 Å². The summed E-state index contributed by atoms with van der Waals surface area (Å²) in [6.07, 6.45) is 89.8. The summed E-state index contributed by atoms with van der Waals surface area (Å²) in [4.78, 5) is 37.5. The first-order valence-corrected chi connectivity index (χ1v) is 36.7. The fraction of sp³-hybridized carbons (Fsp3) is 0.782. The van der Waals surface area contributed by atoms with Crippen molar-refractivity contribution in [3.05, 3.63) is 85.1 Å². The van der Waals surface area contributed by atoms with Crippen LogP contribution < -0.4 is 5.11 Å². The van der Waals surface area contributed by atoms with Crippen molar-refractivity contribution >= 4 is 17.9 Å². The summed E-state index contributed by atoms with van der Waals surface area (Å²) < 4.78 is 22.8. The highest BCUT2D eigenvalue weighted by molar-refractivity contribution is 5.70. The van der Waals surface area contributed by atoms with Crippen LogP contribution in [0.1, 0.15) is 335 Å². The molecule has 0 aromatic heterocycles. The minimum atomic E-state index is -1.63. The minimum Gasteiger partial charge on any atom is -0.545 e. The van der Waals surface area contributed by atoms with Gasteiger partial charge in [-0.05, 0) is 89.9 Å². The predicted octanol–water partition coefficient (Wildman–Crippen LogP) is 21.7. The van der Waals surface area contributed by atoms with Gasteiger partial charge in [-0.15, -0.1) is 0 Å². The number of hydrogen-bond donors (Lipinski definition) is 0. The lowest BCUT2D eigenvalue weighted by Crippen LogP contribution is -2.44. The number of ether oxygens (including phenoxy) is 4. The van der Waals surface area contributed by atoms with Gasteiger partial charge in [0.15, 0.2) is 12.4 Å². The van der Waals surface area contributed by atoms with Gasteiger partial charge >= 0.3 is 11.9 Å². The first-order valence-electron chi connectivity index (χ1n) is 36.7. The number of quaternary nitrogens is 1. The lowest BCUT2D eigenvalue weighted by atomic mass is 10.0. The predicted molar refractivity (Wildman–Crippen MR) is 371 cm³/mol. The number of carboxylic acid groups (broad SMARTS) is 1. The summed E-state index contributed by atoms with van der Waals surface area (Å²) in [7, 11) is 5.93. The van der Waals surface area contributed by atoms with Gasteiger partial charge in [0, 0.05) is 12.8 Å². The maximum Gasteiger partial charge on any atom is 0.306 e. The van der Waals surface area contributed by atoms with E-state index in [1.54, 1.807) is 0 Å². The molecular weight excluding hydrogens is 1080 g/mol. The molecule has 0 fully saturated rings. The Balaban J connectivity index is 3.96. The number of nitrogens with zero attached hydrogens (tertiary/aromatic N) is 1. The maximum atomic E-state index is 12.9. The molecule has 9 heteroatoms. The van der Waals surface area contributed by atoms with Gasteiger partial charge < -0.3 is 33.3 Å². The van der Waals surface area contributed by atoms with Crippen LogP contribution >= 0.6 is 0 Å². The molecule has 2 unspecified atom stereocenters. The monoisotopic (exact) mass is 1220 g/mol. The number of esters is 2. The molecular formula is C78H139NO8. The number of rotatable bonds is 68. The molecule has 2 atom stereocenters. The Hall–Kier alpha value is -3.53. The van der Waals surface area contributed by atoms with Crippen molar-refractivity contribution < 1.29 is 42.9 Å². The number of carboxylic acids is 1. The van der Waals surface area contributed by atoms with Crippen LogP contribution in [0.25, 0.3) is 0 Å². The van der Waals surface area contributed by atoms with Gasteiger partial charge in [-0.3, -0.25) is 9.59 Å². The number of aliphatic carboxylic acids is 1. The normalized spacial score (nSPS) is 13.2. The van der Waals surface area contributed by atoms with Gasteiger partial charge in [0.1, 0.15) is 13.2 Å². The van der Waals surface area contributed by atoms with Crippen molar-refractivity contribution in [2.24, 2.45) is 0 Å². The Kier molecular flexibility index (Phi) is 65.6. The second kappa shape index (κ2) is 68.4. The van der Waals surface area contributed by atoms with E-state index < -0.39 is 24.3 Å². The van der Waals surface area contributed by atoms with E-state index >= 15 is 0 Å². The summed E-state index contributed by atoms with van der Waals surface area (Å²) in [6, 6.07) is 0. The van der Waals surface area contributed by atoms with Crippen molar-refractivity contribution in [2.45, 2.75) is 347 Å². The first kappa shape index (κ1) is 83.5. The molecule has 0 rings (SSSR count). The highest BCUT2D eigenvalue weighted by atomic mass is 16.7. The molecule has 87 heavy (non-hydrogen) atoms. The van der Waals surface area contributed by atoms with Crippen molar-refractivity contribution in [1.82, 2.24) is 0 Å². The number of unbranched alkanes of at least 4 members (excludes halogenated alkanes) is 39. The summed E-state index contributed by atoms with van der Waals surface area (Å²) in [5, 5.41) is 11.8. The van der Waals surface area contributed by atoms with Gasteiger partial charge in [-0.1, -0.05) is 317 Å². The van der Waals surface area contributed by atoms with Gasteiger partial charge in [0.25, 0.3) is 0 Å². The third-order valence-corrected chi connectivity index (χ3v) is 16.1. The van der Waals surface area contributed by atoms with E-state index in [4.69, 9.17) is 18.9 Å². The molecule has 0 bridgehead atoms. The molecule has 0 saturated carbocycles. The van der Waals surface area contributed by atoms with Crippen LogP contribution in [0.4, 0.5) is 0 Å². The number of carbonyl (C=O) groups excluding carboxylic acids is 3. The van der Waals surface area contributed by atoms with Crippen molar-refractivity contribution in [1.29, 1.82) is 0 Å². The lowest BCUT2D eigenvalue weighted by molar-refractivity contribution is -0.870. The van der Waals surface area contributed by atoms with Crippen LogP contribution in [0.3, 0.4) is 0 Å². The number of hydrogen-bond acceptors (Lipinski definition) is 8. The molecule has 0 aromatic rings. The molecule has 0 heterocycles. The van der Waals surface area contributed by atoms with E-state index in [1.807, 2.05) is 21.1 Å². The summed E-state index contributed by atoms with van der Waals surface area (Å²) in [5.74, 6) is -2.28. The zero-order valence-corrected chi connectivity index (χ0v) is 57.6. The van der Waals surface area contributed by atoms with Crippen molar-refractivity contribution in [3.8, 4) is 0 Å². The van der Waals surface area contributed by atoms with Crippen LogP contribution in [0, 0.1) is 0 Å². The second-order valence-corrected chi connectivity index (χ2v) is 25.9. The molecule has 0 radical (unpaired) electrons. The molecule has 0 N–H and O–H groups in total. The molecule has 0 aliphatic carbocycles. The highest BCUT2D eigenvalue weighted by Crippen LogP contribution is 2.18. The fourth-order valence-electron chi connectivity index (χ4n) is 10.5. The average molecular weight is 1220 g/mol. The van der Waals surface area contributed by atoms with Crippen LogP contribution in [0.15, 0.2) is 85.1 Å². The zero-order chi connectivity index (χ0) is 63.3. The Morgan fingerprint density at radius 3 is 0.977 bits per heavy atom. The van der Waals surface area contributed by atoms with Gasteiger partial charge in [0.2, 0.25) is 0 Å². The summed E-state index contributed by atoms with van der Waals surface area (Å²) in [6.45, 7) is 4.65. The van der Waals surface area contributed by atoms with E-state index in [1.165, 1.54) is 218 Å². The Morgan fingerprint density at radius 2 is 0.655 bits per heavy atom. The quantitative estimate of drug-likeness (QED) is 0.0195. The van der Waals surface area contributed by atoms with E-state index in [-0.39, 0.29) is 32.2 Å². The van der Waals surface area contributed by atoms with E-state index in [0.29, 0.717) is 23.9 Å². The van der Waals surface area contributed by atoms with Crippen LogP contribution in [-0.2, 0) is 33.3 Å². The van der Waals surface area contributed by atoms with E-state index in [9.17, 15) is 19.5 Å². The largest absolute Gasteiger partial charge is 0.545 e. The molecule has 0 spiro atoms. The van der Waals surface area contributed by atoms with Gasteiger partial charge in [-0.25, -0.2) is 0 Å². The maximum absolute atomic E-state index is 12.9. The molecule has 0 aromatic carbocycles. The van der Waals surface area contributed by atoms with Crippen molar-refractivity contribution in [3.63, 3.8) is 0 Å². The molecule has 9 nitrogen and oxygen atoms in total. The molecule has 504 valence electrons. The molecule has 0 saturated heterocycles. The van der Waals surface area contributed by atoms with Crippen molar-refractivity contribution in [2.75, 3.05) is 47.5 Å². The fourth-order valence-corrected chi connectivity index (χ4v) is 10.5.